The molecule has 0 fully saturated rings. The average molecular weight is 608 g/mol. The predicted octanol–water partition coefficient (Wildman–Crippen LogP) is 6.73. The third-order valence-corrected chi connectivity index (χ3v) is 7.36. The number of hydrogen-bond donors (Lipinski definition) is 1. The summed E-state index contributed by atoms with van der Waals surface area (Å²) in [6.07, 6.45) is -4.91. The van der Waals surface area contributed by atoms with Crippen molar-refractivity contribution in [3.8, 4) is 22.8 Å². The van der Waals surface area contributed by atoms with E-state index in [1.807, 2.05) is 0 Å². The molecule has 2 aromatic heterocycles. The van der Waals surface area contributed by atoms with Gasteiger partial charge in [0.15, 0.2) is 0 Å². The van der Waals surface area contributed by atoms with Crippen LogP contribution in [0.2, 0.25) is 0 Å². The average Bonchev–Trinajstić information content (AvgIpc) is 3.39. The molecule has 0 aliphatic carbocycles. The molecule has 1 atom stereocenters. The first-order chi connectivity index (χ1) is 20.6. The van der Waals surface area contributed by atoms with Crippen molar-refractivity contribution < 1.29 is 45.0 Å². The van der Waals surface area contributed by atoms with Gasteiger partial charge in [-0.25, -0.2) is 35.7 Å². The number of benzene rings is 2. The molecule has 0 spiro atoms. The van der Waals surface area contributed by atoms with Crippen LogP contribution in [0.3, 0.4) is 0 Å². The Morgan fingerprint density at radius 2 is 1.79 bits per heavy atom. The molecule has 3 heterocycles. The first-order valence-corrected chi connectivity index (χ1v) is 13.0. The SMILES string of the molecule is COc1cc(C(=O)NCC(c2cc3c(c(-c4ccc(F)cc4)n2)OCC3(CF)CF)C(F)F)cc2cc(C(F)F)cnc12. The monoisotopic (exact) mass is 607 g/mol. The second kappa shape index (κ2) is 12.1. The van der Waals surface area contributed by atoms with E-state index in [0.717, 1.165) is 30.5 Å². The van der Waals surface area contributed by atoms with Gasteiger partial charge in [-0.15, -0.1) is 0 Å². The number of ether oxygens (including phenoxy) is 2. The fourth-order valence-corrected chi connectivity index (χ4v) is 4.90. The summed E-state index contributed by atoms with van der Waals surface area (Å²) < 4.78 is 108. The lowest BCUT2D eigenvalue weighted by Crippen LogP contribution is -2.34. The Kier molecular flexibility index (Phi) is 8.43. The Morgan fingerprint density at radius 3 is 2.42 bits per heavy atom. The topological polar surface area (TPSA) is 73.3 Å². The van der Waals surface area contributed by atoms with Crippen LogP contribution < -0.4 is 14.8 Å². The molecule has 0 bridgehead atoms. The number of fused-ring (bicyclic) bond motifs is 2. The van der Waals surface area contributed by atoms with E-state index in [9.17, 15) is 35.5 Å². The second-order valence-electron chi connectivity index (χ2n) is 10.1. The lowest BCUT2D eigenvalue weighted by atomic mass is 9.83. The van der Waals surface area contributed by atoms with E-state index in [-0.39, 0.29) is 56.0 Å². The quantitative estimate of drug-likeness (QED) is 0.203. The van der Waals surface area contributed by atoms with Crippen molar-refractivity contribution in [2.75, 3.05) is 33.6 Å². The van der Waals surface area contributed by atoms with Gasteiger partial charge in [0.2, 0.25) is 6.43 Å². The van der Waals surface area contributed by atoms with E-state index in [0.29, 0.717) is 0 Å². The molecule has 1 amide bonds. The van der Waals surface area contributed by atoms with E-state index < -0.39 is 62.4 Å². The van der Waals surface area contributed by atoms with E-state index in [4.69, 9.17) is 9.47 Å². The Bertz CT molecular complexity index is 1650. The van der Waals surface area contributed by atoms with Crippen LogP contribution in [0.25, 0.3) is 22.2 Å². The zero-order valence-corrected chi connectivity index (χ0v) is 22.5. The number of alkyl halides is 6. The summed E-state index contributed by atoms with van der Waals surface area (Å²) in [4.78, 5) is 21.4. The van der Waals surface area contributed by atoms with E-state index in [1.54, 1.807) is 0 Å². The van der Waals surface area contributed by atoms with Gasteiger partial charge in [0, 0.05) is 40.4 Å². The van der Waals surface area contributed by atoms with Crippen LogP contribution in [-0.4, -0.2) is 55.9 Å². The third kappa shape index (κ3) is 5.67. The fourth-order valence-electron chi connectivity index (χ4n) is 4.90. The van der Waals surface area contributed by atoms with Crippen LogP contribution in [0.5, 0.6) is 11.5 Å². The number of carbonyl (C=O) groups is 1. The number of nitrogens with zero attached hydrogens (tertiary/aromatic N) is 2. The molecule has 13 heteroatoms. The molecule has 6 nitrogen and oxygen atoms in total. The number of aromatic nitrogens is 2. The molecular formula is C30H24F7N3O3. The summed E-state index contributed by atoms with van der Waals surface area (Å²) >= 11 is 0. The summed E-state index contributed by atoms with van der Waals surface area (Å²) in [5.41, 5.74) is -1.99. The van der Waals surface area contributed by atoms with Crippen LogP contribution in [0.1, 0.15) is 39.5 Å². The standard InChI is InChI=1S/C30H24F7N3O3/c1-42-23-8-17(6-16-7-18(27(34)35)10-38-24(16)23)29(41)39-11-20(28(36)37)22-9-21-26(43-14-30(21,12-31)13-32)25(40-22)15-2-4-19(33)5-3-15/h2-10,20,27-28H,11-14H2,1H3,(H,39,41). The van der Waals surface area contributed by atoms with Gasteiger partial charge in [-0.05, 0) is 48.5 Å². The molecule has 1 unspecified atom stereocenters. The minimum atomic E-state index is -3.08. The Morgan fingerprint density at radius 1 is 1.07 bits per heavy atom. The summed E-state index contributed by atoms with van der Waals surface area (Å²) in [5.74, 6) is -3.02. The van der Waals surface area contributed by atoms with Crippen LogP contribution in [0.15, 0.2) is 54.7 Å². The van der Waals surface area contributed by atoms with Crippen molar-refractivity contribution in [1.82, 2.24) is 15.3 Å². The van der Waals surface area contributed by atoms with Gasteiger partial charge in [-0.2, -0.15) is 0 Å². The van der Waals surface area contributed by atoms with Gasteiger partial charge in [-0.3, -0.25) is 9.78 Å². The first kappa shape index (κ1) is 30.1. The molecule has 5 rings (SSSR count). The maximum atomic E-state index is 14.5. The molecule has 4 aromatic rings. The fraction of sp³-hybridized carbons (Fsp3) is 0.300. The smallest absolute Gasteiger partial charge is 0.265 e. The zero-order chi connectivity index (χ0) is 30.9. The second-order valence-corrected chi connectivity index (χ2v) is 10.1. The van der Waals surface area contributed by atoms with Gasteiger partial charge in [-0.1, -0.05) is 0 Å². The first-order valence-electron chi connectivity index (χ1n) is 13.0. The number of amides is 1. The lowest BCUT2D eigenvalue weighted by Gasteiger charge is -2.23. The van der Waals surface area contributed by atoms with Crippen LogP contribution >= 0.6 is 0 Å². The minimum absolute atomic E-state index is 0.000372. The highest BCUT2D eigenvalue weighted by Crippen LogP contribution is 2.46. The number of carbonyl (C=O) groups excluding carboxylic acids is 1. The van der Waals surface area contributed by atoms with Gasteiger partial charge in [0.05, 0.1) is 24.1 Å². The molecular weight excluding hydrogens is 583 g/mol. The number of nitrogens with one attached hydrogen (secondary N) is 1. The van der Waals surface area contributed by atoms with Crippen LogP contribution in [0, 0.1) is 5.82 Å². The molecule has 226 valence electrons. The van der Waals surface area contributed by atoms with Gasteiger partial charge in [0.25, 0.3) is 12.3 Å². The highest BCUT2D eigenvalue weighted by Gasteiger charge is 2.44. The molecule has 0 saturated heterocycles. The largest absolute Gasteiger partial charge is 0.494 e. The molecule has 1 N–H and O–H groups in total. The molecule has 2 aromatic carbocycles. The summed E-state index contributed by atoms with van der Waals surface area (Å²) in [7, 11) is 1.29. The summed E-state index contributed by atoms with van der Waals surface area (Å²) in [6.45, 7) is -3.40. The van der Waals surface area contributed by atoms with Crippen molar-refractivity contribution in [3.05, 3.63) is 82.9 Å². The third-order valence-electron chi connectivity index (χ3n) is 7.36. The van der Waals surface area contributed by atoms with Gasteiger partial charge < -0.3 is 14.8 Å². The maximum Gasteiger partial charge on any atom is 0.265 e. The maximum absolute atomic E-state index is 14.5. The number of pyridine rings is 2. The van der Waals surface area contributed by atoms with Gasteiger partial charge >= 0.3 is 0 Å². The van der Waals surface area contributed by atoms with Crippen molar-refractivity contribution in [1.29, 1.82) is 0 Å². The number of halogens is 7. The molecule has 1 aliphatic rings. The normalized spacial score (nSPS) is 14.6. The molecule has 43 heavy (non-hydrogen) atoms. The summed E-state index contributed by atoms with van der Waals surface area (Å²) in [6, 6.07) is 9.75. The Balaban J connectivity index is 1.50. The van der Waals surface area contributed by atoms with Crippen LogP contribution in [0.4, 0.5) is 30.7 Å². The molecule has 0 saturated carbocycles. The lowest BCUT2D eigenvalue weighted by molar-refractivity contribution is 0.0898. The number of rotatable bonds is 10. The predicted molar refractivity (Wildman–Crippen MR) is 143 cm³/mol. The summed E-state index contributed by atoms with van der Waals surface area (Å²) in [5, 5.41) is 2.58. The van der Waals surface area contributed by atoms with E-state index in [1.165, 1.54) is 31.4 Å². The molecule has 1 aliphatic heterocycles. The van der Waals surface area contributed by atoms with E-state index >= 15 is 0 Å². The Labute approximate surface area is 240 Å². The van der Waals surface area contributed by atoms with E-state index in [2.05, 4.69) is 15.3 Å². The van der Waals surface area contributed by atoms with Gasteiger partial charge in [0.1, 0.15) is 48.5 Å². The van der Waals surface area contributed by atoms with Crippen LogP contribution in [-0.2, 0) is 5.41 Å². The minimum Gasteiger partial charge on any atom is -0.494 e. The van der Waals surface area contributed by atoms with Crippen molar-refractivity contribution in [3.63, 3.8) is 0 Å². The zero-order valence-electron chi connectivity index (χ0n) is 22.5. The molecule has 0 radical (unpaired) electrons. The highest BCUT2D eigenvalue weighted by atomic mass is 19.3. The number of methoxy groups -OCH3 is 1. The van der Waals surface area contributed by atoms with Crippen molar-refractivity contribution in [2.45, 2.75) is 24.2 Å². The highest BCUT2D eigenvalue weighted by molar-refractivity contribution is 6.00. The van der Waals surface area contributed by atoms with Crippen molar-refractivity contribution in [2.24, 2.45) is 0 Å². The van der Waals surface area contributed by atoms with Crippen molar-refractivity contribution >= 4 is 16.8 Å². The Hall–Kier alpha value is -4.42. The number of hydrogen-bond acceptors (Lipinski definition) is 5.